The number of rotatable bonds is 5. The zero-order chi connectivity index (χ0) is 15.1. The molecular formula is C16H19N3O2. The van der Waals surface area contributed by atoms with E-state index in [-0.39, 0.29) is 6.03 Å². The molecule has 2 aromatic carbocycles. The molecule has 0 fully saturated rings. The van der Waals surface area contributed by atoms with Crippen LogP contribution in [0.2, 0.25) is 0 Å². The van der Waals surface area contributed by atoms with E-state index in [1.54, 1.807) is 19.2 Å². The van der Waals surface area contributed by atoms with Crippen molar-refractivity contribution in [3.63, 3.8) is 0 Å². The van der Waals surface area contributed by atoms with E-state index in [9.17, 15) is 4.79 Å². The van der Waals surface area contributed by atoms with Crippen molar-refractivity contribution in [1.29, 1.82) is 0 Å². The summed E-state index contributed by atoms with van der Waals surface area (Å²) in [6, 6.07) is 14.5. The fourth-order valence-corrected chi connectivity index (χ4v) is 1.92. The molecule has 0 aromatic heterocycles. The number of nitrogens with two attached hydrogens (primary N) is 1. The first-order chi connectivity index (χ1) is 10.2. The fourth-order valence-electron chi connectivity index (χ4n) is 1.92. The van der Waals surface area contributed by atoms with Crippen molar-refractivity contribution in [1.82, 2.24) is 0 Å². The Balaban J connectivity index is 1.94. The Morgan fingerprint density at radius 1 is 1.10 bits per heavy atom. The maximum absolute atomic E-state index is 11.9. The highest BCUT2D eigenvalue weighted by molar-refractivity contribution is 5.99. The molecule has 0 saturated carbocycles. The van der Waals surface area contributed by atoms with E-state index in [0.717, 1.165) is 17.7 Å². The molecule has 0 saturated heterocycles. The van der Waals surface area contributed by atoms with Crippen LogP contribution in [0, 0.1) is 0 Å². The normalized spacial score (nSPS) is 10.0. The Morgan fingerprint density at radius 3 is 2.48 bits per heavy atom. The van der Waals surface area contributed by atoms with Gasteiger partial charge in [0.2, 0.25) is 0 Å². The molecule has 0 atom stereocenters. The van der Waals surface area contributed by atoms with Crippen molar-refractivity contribution in [3.8, 4) is 5.75 Å². The maximum atomic E-state index is 11.9. The first-order valence-electron chi connectivity index (χ1n) is 6.72. The quantitative estimate of drug-likeness (QED) is 0.790. The van der Waals surface area contributed by atoms with Crippen LogP contribution in [0.4, 0.5) is 16.2 Å². The summed E-state index contributed by atoms with van der Waals surface area (Å²) >= 11 is 0. The van der Waals surface area contributed by atoms with Crippen LogP contribution in [-0.4, -0.2) is 19.7 Å². The van der Waals surface area contributed by atoms with Crippen molar-refractivity contribution in [2.45, 2.75) is 6.42 Å². The number of anilines is 2. The number of methoxy groups -OCH3 is 1. The second-order valence-electron chi connectivity index (χ2n) is 4.55. The molecule has 0 spiro atoms. The average molecular weight is 285 g/mol. The van der Waals surface area contributed by atoms with Gasteiger partial charge >= 0.3 is 6.03 Å². The SMILES string of the molecule is COc1cccc(NC(=O)Nc2ccc(CCN)cc2)c1. The van der Waals surface area contributed by atoms with Gasteiger partial charge in [0.25, 0.3) is 0 Å². The van der Waals surface area contributed by atoms with Crippen LogP contribution >= 0.6 is 0 Å². The van der Waals surface area contributed by atoms with E-state index >= 15 is 0 Å². The summed E-state index contributed by atoms with van der Waals surface area (Å²) in [6.07, 6.45) is 0.830. The van der Waals surface area contributed by atoms with Crippen LogP contribution in [0.1, 0.15) is 5.56 Å². The van der Waals surface area contributed by atoms with Crippen LogP contribution in [-0.2, 0) is 6.42 Å². The molecule has 0 bridgehead atoms. The summed E-state index contributed by atoms with van der Waals surface area (Å²) in [6.45, 7) is 0.614. The summed E-state index contributed by atoms with van der Waals surface area (Å²) < 4.78 is 5.11. The highest BCUT2D eigenvalue weighted by Gasteiger charge is 2.03. The third-order valence-corrected chi connectivity index (χ3v) is 2.97. The number of urea groups is 1. The highest BCUT2D eigenvalue weighted by Crippen LogP contribution is 2.17. The van der Waals surface area contributed by atoms with Crippen LogP contribution in [0.15, 0.2) is 48.5 Å². The predicted molar refractivity (Wildman–Crippen MR) is 84.8 cm³/mol. The van der Waals surface area contributed by atoms with Crippen LogP contribution in [0.25, 0.3) is 0 Å². The third-order valence-electron chi connectivity index (χ3n) is 2.97. The van der Waals surface area contributed by atoms with E-state index in [1.165, 1.54) is 0 Å². The summed E-state index contributed by atoms with van der Waals surface area (Å²) in [5, 5.41) is 5.53. The Hall–Kier alpha value is -2.53. The molecule has 2 aromatic rings. The summed E-state index contributed by atoms with van der Waals surface area (Å²) in [5.41, 5.74) is 8.05. The number of hydrogen-bond donors (Lipinski definition) is 3. The van der Waals surface area contributed by atoms with Gasteiger partial charge < -0.3 is 21.1 Å². The molecular weight excluding hydrogens is 266 g/mol. The highest BCUT2D eigenvalue weighted by atomic mass is 16.5. The molecule has 21 heavy (non-hydrogen) atoms. The lowest BCUT2D eigenvalue weighted by atomic mass is 10.1. The molecule has 4 N–H and O–H groups in total. The Labute approximate surface area is 124 Å². The fraction of sp³-hybridized carbons (Fsp3) is 0.188. The molecule has 0 aliphatic heterocycles. The number of hydrogen-bond acceptors (Lipinski definition) is 3. The lowest BCUT2D eigenvalue weighted by molar-refractivity contribution is 0.262. The van der Waals surface area contributed by atoms with Gasteiger partial charge in [-0.25, -0.2) is 4.79 Å². The third kappa shape index (κ3) is 4.50. The van der Waals surface area contributed by atoms with Crippen molar-refractivity contribution < 1.29 is 9.53 Å². The molecule has 2 rings (SSSR count). The van der Waals surface area contributed by atoms with E-state index in [0.29, 0.717) is 18.0 Å². The second-order valence-corrected chi connectivity index (χ2v) is 4.55. The monoisotopic (exact) mass is 285 g/mol. The summed E-state index contributed by atoms with van der Waals surface area (Å²) in [5.74, 6) is 0.693. The number of amides is 2. The van der Waals surface area contributed by atoms with Crippen LogP contribution < -0.4 is 21.1 Å². The zero-order valence-corrected chi connectivity index (χ0v) is 11.9. The first kappa shape index (κ1) is 14.9. The number of carbonyl (C=O) groups excluding carboxylic acids is 1. The van der Waals surface area contributed by atoms with Gasteiger partial charge in [-0.05, 0) is 42.8 Å². The molecule has 2 amide bonds. The lowest BCUT2D eigenvalue weighted by Gasteiger charge is -2.09. The van der Waals surface area contributed by atoms with Crippen LogP contribution in [0.3, 0.4) is 0 Å². The molecule has 0 radical (unpaired) electrons. The van der Waals surface area contributed by atoms with Gasteiger partial charge in [0.15, 0.2) is 0 Å². The van der Waals surface area contributed by atoms with Gasteiger partial charge in [-0.2, -0.15) is 0 Å². The number of ether oxygens (including phenoxy) is 1. The maximum Gasteiger partial charge on any atom is 0.323 e. The molecule has 110 valence electrons. The second kappa shape index (κ2) is 7.31. The average Bonchev–Trinajstić information content (AvgIpc) is 2.49. The van der Waals surface area contributed by atoms with Crippen molar-refractivity contribution >= 4 is 17.4 Å². The van der Waals surface area contributed by atoms with Crippen molar-refractivity contribution in [3.05, 3.63) is 54.1 Å². The van der Waals surface area contributed by atoms with Crippen molar-refractivity contribution in [2.24, 2.45) is 5.73 Å². The van der Waals surface area contributed by atoms with Gasteiger partial charge in [0.1, 0.15) is 5.75 Å². The van der Waals surface area contributed by atoms with Gasteiger partial charge in [-0.1, -0.05) is 18.2 Å². The number of carbonyl (C=O) groups is 1. The number of benzene rings is 2. The first-order valence-corrected chi connectivity index (χ1v) is 6.72. The zero-order valence-electron chi connectivity index (χ0n) is 11.9. The van der Waals surface area contributed by atoms with Gasteiger partial charge in [-0.15, -0.1) is 0 Å². The van der Waals surface area contributed by atoms with Crippen LogP contribution in [0.5, 0.6) is 5.75 Å². The largest absolute Gasteiger partial charge is 0.497 e. The number of nitrogens with one attached hydrogen (secondary N) is 2. The minimum atomic E-state index is -0.296. The molecule has 0 heterocycles. The van der Waals surface area contributed by atoms with Gasteiger partial charge in [-0.3, -0.25) is 0 Å². The lowest BCUT2D eigenvalue weighted by Crippen LogP contribution is -2.19. The molecule has 0 aliphatic carbocycles. The minimum Gasteiger partial charge on any atom is -0.497 e. The minimum absolute atomic E-state index is 0.296. The standard InChI is InChI=1S/C16H19N3O2/c1-21-15-4-2-3-14(11-15)19-16(20)18-13-7-5-12(6-8-13)9-10-17/h2-8,11H,9-10,17H2,1H3,(H2,18,19,20). The van der Waals surface area contributed by atoms with E-state index in [4.69, 9.17) is 10.5 Å². The predicted octanol–water partition coefficient (Wildman–Crippen LogP) is 2.84. The molecule has 0 unspecified atom stereocenters. The van der Waals surface area contributed by atoms with Gasteiger partial charge in [0, 0.05) is 17.4 Å². The molecule has 0 aliphatic rings. The van der Waals surface area contributed by atoms with E-state index in [2.05, 4.69) is 10.6 Å². The van der Waals surface area contributed by atoms with E-state index in [1.807, 2.05) is 36.4 Å². The Morgan fingerprint density at radius 2 is 1.81 bits per heavy atom. The van der Waals surface area contributed by atoms with Crippen molar-refractivity contribution in [2.75, 3.05) is 24.3 Å². The summed E-state index contributed by atoms with van der Waals surface area (Å²) in [4.78, 5) is 11.9. The Bertz CT molecular complexity index is 597. The molecule has 5 heteroatoms. The topological polar surface area (TPSA) is 76.4 Å². The molecule has 5 nitrogen and oxygen atoms in total. The smallest absolute Gasteiger partial charge is 0.323 e. The van der Waals surface area contributed by atoms with Gasteiger partial charge in [0.05, 0.1) is 7.11 Å². The Kier molecular flexibility index (Phi) is 5.17. The van der Waals surface area contributed by atoms with E-state index < -0.39 is 0 Å². The summed E-state index contributed by atoms with van der Waals surface area (Å²) in [7, 11) is 1.59.